The summed E-state index contributed by atoms with van der Waals surface area (Å²) in [7, 11) is 3.84. The Morgan fingerprint density at radius 2 is 1.76 bits per heavy atom. The molecule has 0 radical (unpaired) electrons. The lowest BCUT2D eigenvalue weighted by molar-refractivity contribution is 0.244. The molecule has 0 atom stereocenters. The first kappa shape index (κ1) is 18.1. The van der Waals surface area contributed by atoms with Crippen LogP contribution in [-0.2, 0) is 13.0 Å². The van der Waals surface area contributed by atoms with Gasteiger partial charge in [-0.1, -0.05) is 6.07 Å². The molecule has 2 aromatic rings. The first-order chi connectivity index (χ1) is 11.7. The van der Waals surface area contributed by atoms with Crippen LogP contribution in [0, 0.1) is 5.92 Å². The van der Waals surface area contributed by atoms with Crippen molar-refractivity contribution in [3.63, 3.8) is 0 Å². The fraction of sp³-hybridized carbons (Fsp3) is 0.429. The molecule has 0 aromatic heterocycles. The summed E-state index contributed by atoms with van der Waals surface area (Å²) in [6.45, 7) is 3.62. The number of hydrogen-bond acceptors (Lipinski definition) is 3. The molecule has 0 amide bonds. The van der Waals surface area contributed by atoms with Crippen LogP contribution in [-0.4, -0.2) is 32.1 Å². The van der Waals surface area contributed by atoms with E-state index in [1.54, 1.807) is 7.11 Å². The lowest BCUT2D eigenvalue weighted by Gasteiger charge is -2.30. The van der Waals surface area contributed by atoms with Crippen LogP contribution < -0.4 is 9.64 Å². The third kappa shape index (κ3) is 4.10. The van der Waals surface area contributed by atoms with Crippen molar-refractivity contribution >= 4 is 23.8 Å². The molecular formula is C21H27ClN2O. The van der Waals surface area contributed by atoms with E-state index in [0.717, 1.165) is 18.2 Å². The number of benzene rings is 2. The van der Waals surface area contributed by atoms with E-state index in [2.05, 4.69) is 47.2 Å². The van der Waals surface area contributed by atoms with Crippen molar-refractivity contribution in [3.05, 3.63) is 53.6 Å². The zero-order valence-electron chi connectivity index (χ0n) is 15.1. The number of rotatable bonds is 5. The van der Waals surface area contributed by atoms with Crippen LogP contribution in [0.5, 0.6) is 5.75 Å². The van der Waals surface area contributed by atoms with Crippen molar-refractivity contribution in [2.45, 2.75) is 25.8 Å². The van der Waals surface area contributed by atoms with E-state index in [1.807, 2.05) is 12.1 Å². The van der Waals surface area contributed by atoms with Gasteiger partial charge in [-0.3, -0.25) is 4.90 Å². The van der Waals surface area contributed by atoms with E-state index in [4.69, 9.17) is 4.74 Å². The van der Waals surface area contributed by atoms with Gasteiger partial charge in [0.1, 0.15) is 5.75 Å². The van der Waals surface area contributed by atoms with E-state index in [-0.39, 0.29) is 12.4 Å². The van der Waals surface area contributed by atoms with E-state index in [9.17, 15) is 0 Å². The molecule has 0 N–H and O–H groups in total. The Labute approximate surface area is 157 Å². The second-order valence-electron chi connectivity index (χ2n) is 7.14. The van der Waals surface area contributed by atoms with Gasteiger partial charge in [-0.15, -0.1) is 12.4 Å². The highest BCUT2D eigenvalue weighted by atomic mass is 35.5. The van der Waals surface area contributed by atoms with Gasteiger partial charge in [0, 0.05) is 38.1 Å². The average Bonchev–Trinajstić information content (AvgIpc) is 3.44. The molecule has 25 heavy (non-hydrogen) atoms. The molecule has 4 heteroatoms. The molecule has 1 aliphatic heterocycles. The Bertz CT molecular complexity index is 712. The van der Waals surface area contributed by atoms with Gasteiger partial charge >= 0.3 is 0 Å². The number of nitrogens with zero attached hydrogens (tertiary/aromatic N) is 2. The van der Waals surface area contributed by atoms with Crippen LogP contribution in [0.4, 0.5) is 11.4 Å². The zero-order valence-corrected chi connectivity index (χ0v) is 15.9. The van der Waals surface area contributed by atoms with Crippen LogP contribution >= 0.6 is 12.4 Å². The number of methoxy groups -OCH3 is 1. The Morgan fingerprint density at radius 1 is 1.04 bits per heavy atom. The van der Waals surface area contributed by atoms with Gasteiger partial charge < -0.3 is 9.64 Å². The van der Waals surface area contributed by atoms with Crippen molar-refractivity contribution < 1.29 is 4.74 Å². The summed E-state index contributed by atoms with van der Waals surface area (Å²) in [4.78, 5) is 4.89. The van der Waals surface area contributed by atoms with E-state index in [1.165, 1.54) is 54.9 Å². The molecule has 0 bridgehead atoms. The van der Waals surface area contributed by atoms with Gasteiger partial charge in [0.25, 0.3) is 0 Å². The first-order valence-corrected chi connectivity index (χ1v) is 8.95. The second-order valence-corrected chi connectivity index (χ2v) is 7.14. The molecule has 2 aliphatic rings. The molecule has 1 aliphatic carbocycles. The lowest BCUT2D eigenvalue weighted by atomic mass is 9.98. The Balaban J connectivity index is 0.00000182. The van der Waals surface area contributed by atoms with Crippen LogP contribution in [0.2, 0.25) is 0 Å². The van der Waals surface area contributed by atoms with Crippen LogP contribution in [0.25, 0.3) is 0 Å². The summed E-state index contributed by atoms with van der Waals surface area (Å²) in [6.07, 6.45) is 4.06. The molecule has 134 valence electrons. The molecule has 0 unspecified atom stereocenters. The molecule has 1 fully saturated rings. The number of fused-ring (bicyclic) bond motifs is 1. The smallest absolute Gasteiger partial charge is 0.119 e. The normalized spacial score (nSPS) is 16.7. The third-order valence-corrected chi connectivity index (χ3v) is 5.34. The minimum Gasteiger partial charge on any atom is -0.497 e. The predicted octanol–water partition coefficient (Wildman–Crippen LogP) is 4.65. The van der Waals surface area contributed by atoms with Gasteiger partial charge in [0.05, 0.1) is 7.11 Å². The molecule has 2 aromatic carbocycles. The summed E-state index contributed by atoms with van der Waals surface area (Å²) in [5.41, 5.74) is 5.46. The van der Waals surface area contributed by atoms with Gasteiger partial charge in [0.15, 0.2) is 0 Å². The van der Waals surface area contributed by atoms with Crippen LogP contribution in [0.1, 0.15) is 24.0 Å². The molecule has 4 rings (SSSR count). The van der Waals surface area contributed by atoms with E-state index in [0.29, 0.717) is 0 Å². The number of ether oxygens (including phenoxy) is 1. The SMILES string of the molecule is COc1ccc(N(C)c2ccc3c(c2)CN(CC2CC2)CC3)cc1.Cl. The summed E-state index contributed by atoms with van der Waals surface area (Å²) < 4.78 is 5.25. The largest absolute Gasteiger partial charge is 0.497 e. The van der Waals surface area contributed by atoms with Crippen molar-refractivity contribution in [1.82, 2.24) is 4.90 Å². The average molecular weight is 359 g/mol. The Morgan fingerprint density at radius 3 is 2.44 bits per heavy atom. The van der Waals surface area contributed by atoms with Crippen LogP contribution in [0.15, 0.2) is 42.5 Å². The maximum Gasteiger partial charge on any atom is 0.119 e. The molecule has 0 saturated heterocycles. The van der Waals surface area contributed by atoms with Crippen LogP contribution in [0.3, 0.4) is 0 Å². The molecule has 0 spiro atoms. The minimum atomic E-state index is 0. The summed E-state index contributed by atoms with van der Waals surface area (Å²) in [5.74, 6) is 1.87. The zero-order chi connectivity index (χ0) is 16.5. The van der Waals surface area contributed by atoms with Crippen molar-refractivity contribution in [2.24, 2.45) is 5.92 Å². The first-order valence-electron chi connectivity index (χ1n) is 8.95. The fourth-order valence-corrected chi connectivity index (χ4v) is 3.59. The molecule has 3 nitrogen and oxygen atoms in total. The molecule has 1 saturated carbocycles. The Hall–Kier alpha value is -1.71. The highest BCUT2D eigenvalue weighted by Gasteiger charge is 2.26. The van der Waals surface area contributed by atoms with Crippen molar-refractivity contribution in [1.29, 1.82) is 0 Å². The standard InChI is InChI=1S/C21H26N2O.ClH/c1-22(19-7-9-21(24-2)10-8-19)20-6-5-17-11-12-23(14-16-3-4-16)15-18(17)13-20;/h5-10,13,16H,3-4,11-12,14-15H2,1-2H3;1H. The number of hydrogen-bond donors (Lipinski definition) is 0. The topological polar surface area (TPSA) is 15.7 Å². The fourth-order valence-electron chi connectivity index (χ4n) is 3.59. The molecule has 1 heterocycles. The number of anilines is 2. The van der Waals surface area contributed by atoms with Gasteiger partial charge in [-0.2, -0.15) is 0 Å². The predicted molar refractivity (Wildman–Crippen MR) is 106 cm³/mol. The van der Waals surface area contributed by atoms with Crippen molar-refractivity contribution in [2.75, 3.05) is 32.1 Å². The van der Waals surface area contributed by atoms with Gasteiger partial charge in [-0.05, 0) is 72.7 Å². The van der Waals surface area contributed by atoms with Gasteiger partial charge in [0.2, 0.25) is 0 Å². The summed E-state index contributed by atoms with van der Waals surface area (Å²) >= 11 is 0. The van der Waals surface area contributed by atoms with Crippen molar-refractivity contribution in [3.8, 4) is 5.75 Å². The Kier molecular flexibility index (Phi) is 5.55. The number of halogens is 1. The monoisotopic (exact) mass is 358 g/mol. The summed E-state index contributed by atoms with van der Waals surface area (Å²) in [5, 5.41) is 0. The maximum absolute atomic E-state index is 5.25. The highest BCUT2D eigenvalue weighted by molar-refractivity contribution is 5.85. The van der Waals surface area contributed by atoms with E-state index < -0.39 is 0 Å². The molecular weight excluding hydrogens is 332 g/mol. The van der Waals surface area contributed by atoms with Gasteiger partial charge in [-0.25, -0.2) is 0 Å². The highest BCUT2D eigenvalue weighted by Crippen LogP contribution is 2.33. The minimum absolute atomic E-state index is 0. The maximum atomic E-state index is 5.25. The quantitative estimate of drug-likeness (QED) is 0.773. The lowest BCUT2D eigenvalue weighted by Crippen LogP contribution is -2.32. The van der Waals surface area contributed by atoms with E-state index >= 15 is 0 Å². The second kappa shape index (κ2) is 7.67. The summed E-state index contributed by atoms with van der Waals surface area (Å²) in [6, 6.07) is 15.2. The third-order valence-electron chi connectivity index (χ3n) is 5.34.